The van der Waals surface area contributed by atoms with Crippen molar-refractivity contribution in [2.45, 2.75) is 39.7 Å². The number of hydrogen-bond acceptors (Lipinski definition) is 3. The topological polar surface area (TPSA) is 24.5 Å². The van der Waals surface area contributed by atoms with Crippen molar-refractivity contribution in [2.24, 2.45) is 11.3 Å². The molecule has 2 unspecified atom stereocenters. The standard InChI is InChI=1S/C14H28N2O/c1-14(2,3)13-10-16(7-6-15-13)9-12-5-4-8-17-11-12/h12-13,15H,4-11H2,1-3H3. The van der Waals surface area contributed by atoms with Crippen LogP contribution in [0.15, 0.2) is 0 Å². The van der Waals surface area contributed by atoms with Gasteiger partial charge in [-0.25, -0.2) is 0 Å². The highest BCUT2D eigenvalue weighted by Gasteiger charge is 2.30. The van der Waals surface area contributed by atoms with Crippen molar-refractivity contribution in [3.63, 3.8) is 0 Å². The molecule has 3 nitrogen and oxygen atoms in total. The molecular weight excluding hydrogens is 212 g/mol. The maximum atomic E-state index is 5.58. The van der Waals surface area contributed by atoms with E-state index in [1.165, 1.54) is 32.5 Å². The van der Waals surface area contributed by atoms with Gasteiger partial charge in [0, 0.05) is 38.8 Å². The van der Waals surface area contributed by atoms with Crippen LogP contribution in [0.1, 0.15) is 33.6 Å². The highest BCUT2D eigenvalue weighted by Crippen LogP contribution is 2.23. The van der Waals surface area contributed by atoms with E-state index in [1.807, 2.05) is 0 Å². The third-order valence-corrected chi connectivity index (χ3v) is 4.08. The smallest absolute Gasteiger partial charge is 0.0506 e. The number of piperazine rings is 1. The van der Waals surface area contributed by atoms with Gasteiger partial charge in [0.25, 0.3) is 0 Å². The fourth-order valence-corrected chi connectivity index (χ4v) is 2.87. The van der Waals surface area contributed by atoms with Gasteiger partial charge in [0.1, 0.15) is 0 Å². The number of hydrogen-bond donors (Lipinski definition) is 1. The Balaban J connectivity index is 1.80. The summed E-state index contributed by atoms with van der Waals surface area (Å²) in [5, 5.41) is 3.65. The molecule has 0 bridgehead atoms. The fourth-order valence-electron chi connectivity index (χ4n) is 2.87. The Morgan fingerprint density at radius 2 is 2.18 bits per heavy atom. The minimum absolute atomic E-state index is 0.363. The third-order valence-electron chi connectivity index (χ3n) is 4.08. The molecule has 0 aromatic heterocycles. The molecular formula is C14H28N2O. The lowest BCUT2D eigenvalue weighted by molar-refractivity contribution is 0.0289. The molecule has 0 saturated carbocycles. The van der Waals surface area contributed by atoms with Gasteiger partial charge >= 0.3 is 0 Å². The summed E-state index contributed by atoms with van der Waals surface area (Å²) >= 11 is 0. The molecule has 0 spiro atoms. The van der Waals surface area contributed by atoms with Crippen LogP contribution in [0.2, 0.25) is 0 Å². The second kappa shape index (κ2) is 5.68. The van der Waals surface area contributed by atoms with Crippen molar-refractivity contribution in [1.82, 2.24) is 10.2 Å². The van der Waals surface area contributed by atoms with Crippen LogP contribution in [-0.4, -0.2) is 50.3 Å². The Morgan fingerprint density at radius 1 is 1.35 bits per heavy atom. The second-order valence-electron chi connectivity index (χ2n) is 6.72. The average molecular weight is 240 g/mol. The molecule has 2 saturated heterocycles. The van der Waals surface area contributed by atoms with Gasteiger partial charge in [-0.3, -0.25) is 0 Å². The van der Waals surface area contributed by atoms with Crippen molar-refractivity contribution in [1.29, 1.82) is 0 Å². The van der Waals surface area contributed by atoms with Gasteiger partial charge < -0.3 is 15.0 Å². The third kappa shape index (κ3) is 3.94. The molecule has 2 rings (SSSR count). The highest BCUT2D eigenvalue weighted by atomic mass is 16.5. The maximum absolute atomic E-state index is 5.58. The van der Waals surface area contributed by atoms with E-state index in [0.717, 1.165) is 25.7 Å². The molecule has 0 aromatic rings. The lowest BCUT2D eigenvalue weighted by Gasteiger charge is -2.42. The number of rotatable bonds is 2. The minimum atomic E-state index is 0.363. The van der Waals surface area contributed by atoms with E-state index in [-0.39, 0.29) is 0 Å². The lowest BCUT2D eigenvalue weighted by atomic mass is 9.85. The van der Waals surface area contributed by atoms with Crippen LogP contribution >= 0.6 is 0 Å². The molecule has 0 aromatic carbocycles. The predicted octanol–water partition coefficient (Wildman–Crippen LogP) is 1.73. The summed E-state index contributed by atoms with van der Waals surface area (Å²) in [7, 11) is 0. The van der Waals surface area contributed by atoms with E-state index in [1.54, 1.807) is 0 Å². The molecule has 0 aliphatic carbocycles. The zero-order valence-corrected chi connectivity index (χ0v) is 11.7. The van der Waals surface area contributed by atoms with Crippen molar-refractivity contribution in [2.75, 3.05) is 39.4 Å². The molecule has 100 valence electrons. The first-order chi connectivity index (χ1) is 8.05. The fraction of sp³-hybridized carbons (Fsp3) is 1.00. The largest absolute Gasteiger partial charge is 0.381 e. The van der Waals surface area contributed by atoms with Gasteiger partial charge in [0.2, 0.25) is 0 Å². The van der Waals surface area contributed by atoms with Gasteiger partial charge in [0.15, 0.2) is 0 Å². The lowest BCUT2D eigenvalue weighted by Crippen LogP contribution is -2.56. The summed E-state index contributed by atoms with van der Waals surface area (Å²) in [6.45, 7) is 13.7. The highest BCUT2D eigenvalue weighted by molar-refractivity contribution is 4.88. The number of ether oxygens (including phenoxy) is 1. The predicted molar refractivity (Wildman–Crippen MR) is 71.2 cm³/mol. The van der Waals surface area contributed by atoms with E-state index in [0.29, 0.717) is 11.5 Å². The first-order valence-corrected chi connectivity index (χ1v) is 7.09. The molecule has 3 heteroatoms. The maximum Gasteiger partial charge on any atom is 0.0506 e. The van der Waals surface area contributed by atoms with Crippen LogP contribution < -0.4 is 5.32 Å². The van der Waals surface area contributed by atoms with E-state index < -0.39 is 0 Å². The van der Waals surface area contributed by atoms with Crippen molar-refractivity contribution >= 4 is 0 Å². The summed E-state index contributed by atoms with van der Waals surface area (Å²) in [6, 6.07) is 0.626. The monoisotopic (exact) mass is 240 g/mol. The summed E-state index contributed by atoms with van der Waals surface area (Å²) in [4.78, 5) is 2.63. The molecule has 2 fully saturated rings. The van der Waals surface area contributed by atoms with E-state index in [9.17, 15) is 0 Å². The van der Waals surface area contributed by atoms with Crippen LogP contribution in [0.5, 0.6) is 0 Å². The van der Waals surface area contributed by atoms with Crippen LogP contribution in [-0.2, 0) is 4.74 Å². The normalized spacial score (nSPS) is 32.6. The Bertz CT molecular complexity index is 231. The molecule has 17 heavy (non-hydrogen) atoms. The van der Waals surface area contributed by atoms with Gasteiger partial charge in [0.05, 0.1) is 6.61 Å². The average Bonchev–Trinajstić information content (AvgIpc) is 2.29. The van der Waals surface area contributed by atoms with Crippen LogP contribution in [0, 0.1) is 11.3 Å². The summed E-state index contributed by atoms with van der Waals surface area (Å²) in [6.07, 6.45) is 2.60. The Labute approximate surface area is 106 Å². The zero-order chi connectivity index (χ0) is 12.3. The van der Waals surface area contributed by atoms with Crippen molar-refractivity contribution in [3.8, 4) is 0 Å². The molecule has 0 radical (unpaired) electrons. The number of nitrogens with zero attached hydrogens (tertiary/aromatic N) is 1. The number of nitrogens with one attached hydrogen (secondary N) is 1. The minimum Gasteiger partial charge on any atom is -0.381 e. The van der Waals surface area contributed by atoms with Crippen molar-refractivity contribution in [3.05, 3.63) is 0 Å². The first kappa shape index (κ1) is 13.3. The summed E-state index contributed by atoms with van der Waals surface area (Å²) in [5.74, 6) is 0.766. The summed E-state index contributed by atoms with van der Waals surface area (Å²) < 4.78 is 5.58. The van der Waals surface area contributed by atoms with Gasteiger partial charge in [-0.2, -0.15) is 0 Å². The molecule has 2 aliphatic heterocycles. The SMILES string of the molecule is CC(C)(C)C1CN(CC2CCCOC2)CCN1. The van der Waals surface area contributed by atoms with Gasteiger partial charge in [-0.1, -0.05) is 20.8 Å². The zero-order valence-electron chi connectivity index (χ0n) is 11.7. The molecule has 2 aliphatic rings. The Kier molecular flexibility index (Phi) is 4.45. The van der Waals surface area contributed by atoms with Crippen LogP contribution in [0.25, 0.3) is 0 Å². The molecule has 2 heterocycles. The van der Waals surface area contributed by atoms with E-state index >= 15 is 0 Å². The molecule has 1 N–H and O–H groups in total. The van der Waals surface area contributed by atoms with Gasteiger partial charge in [-0.15, -0.1) is 0 Å². The first-order valence-electron chi connectivity index (χ1n) is 7.09. The quantitative estimate of drug-likeness (QED) is 0.795. The van der Waals surface area contributed by atoms with E-state index in [2.05, 4.69) is 31.0 Å². The molecule has 0 amide bonds. The Morgan fingerprint density at radius 3 is 2.82 bits per heavy atom. The van der Waals surface area contributed by atoms with Crippen LogP contribution in [0.4, 0.5) is 0 Å². The van der Waals surface area contributed by atoms with Crippen LogP contribution in [0.3, 0.4) is 0 Å². The van der Waals surface area contributed by atoms with Crippen molar-refractivity contribution < 1.29 is 4.74 Å². The van der Waals surface area contributed by atoms with E-state index in [4.69, 9.17) is 4.74 Å². The van der Waals surface area contributed by atoms with Gasteiger partial charge in [-0.05, 0) is 24.2 Å². The molecule has 2 atom stereocenters. The second-order valence-corrected chi connectivity index (χ2v) is 6.72. The summed E-state index contributed by atoms with van der Waals surface area (Å²) in [5.41, 5.74) is 0.363. The Hall–Kier alpha value is -0.120.